The molecule has 0 aromatic carbocycles. The first-order valence-corrected chi connectivity index (χ1v) is 7.59. The second kappa shape index (κ2) is 5.75. The van der Waals surface area contributed by atoms with Gasteiger partial charge >= 0.3 is 0 Å². The van der Waals surface area contributed by atoms with Crippen molar-refractivity contribution in [3.8, 4) is 0 Å². The van der Waals surface area contributed by atoms with Crippen LogP contribution >= 0.6 is 15.9 Å². The molecule has 0 amide bonds. The van der Waals surface area contributed by atoms with E-state index in [1.165, 1.54) is 25.7 Å². The zero-order chi connectivity index (χ0) is 14.0. The molecule has 1 N–H and O–H groups in total. The summed E-state index contributed by atoms with van der Waals surface area (Å²) in [5.41, 5.74) is 0.650. The summed E-state index contributed by atoms with van der Waals surface area (Å²) < 4.78 is 6.51. The smallest absolute Gasteiger partial charge is 0.162 e. The summed E-state index contributed by atoms with van der Waals surface area (Å²) in [5.74, 6) is 2.12. The molecule has 0 atom stereocenters. The molecule has 1 heterocycles. The molecule has 2 rings (SSSR count). The molecule has 0 aliphatic heterocycles. The maximum Gasteiger partial charge on any atom is 0.162 e. The predicted octanol–water partition coefficient (Wildman–Crippen LogP) is 3.82. The monoisotopic (exact) mass is 327 g/mol. The first kappa shape index (κ1) is 14.7. The minimum atomic E-state index is -0.473. The normalized spacial score (nSPS) is 16.9. The van der Waals surface area contributed by atoms with Crippen LogP contribution in [0.1, 0.15) is 57.0 Å². The lowest BCUT2D eigenvalue weighted by molar-refractivity contribution is 0.0113. The van der Waals surface area contributed by atoms with Crippen LogP contribution in [0, 0.1) is 0 Å². The maximum atomic E-state index is 5.51. The van der Waals surface area contributed by atoms with Gasteiger partial charge in [-0.1, -0.05) is 12.8 Å². The average Bonchev–Trinajstić information content (AvgIpc) is 2.92. The number of nitrogens with one attached hydrogen (secondary N) is 1. The van der Waals surface area contributed by atoms with Gasteiger partial charge in [0, 0.05) is 20.1 Å². The highest BCUT2D eigenvalue weighted by Crippen LogP contribution is 2.39. The van der Waals surface area contributed by atoms with Crippen LogP contribution in [0.25, 0.3) is 0 Å². The van der Waals surface area contributed by atoms with Crippen LogP contribution in [0.3, 0.4) is 0 Å². The molecule has 1 aliphatic rings. The molecule has 0 unspecified atom stereocenters. The summed E-state index contributed by atoms with van der Waals surface area (Å²) >= 11 is 3.65. The molecular weight excluding hydrogens is 306 g/mol. The van der Waals surface area contributed by atoms with Crippen molar-refractivity contribution in [3.63, 3.8) is 0 Å². The van der Waals surface area contributed by atoms with Crippen LogP contribution in [-0.4, -0.2) is 24.1 Å². The van der Waals surface area contributed by atoms with Gasteiger partial charge in [-0.15, -0.1) is 0 Å². The minimum absolute atomic E-state index is 0.473. The van der Waals surface area contributed by atoms with Gasteiger partial charge < -0.3 is 10.1 Å². The van der Waals surface area contributed by atoms with E-state index in [2.05, 4.69) is 26.2 Å². The molecule has 0 bridgehead atoms. The Kier molecular flexibility index (Phi) is 4.46. The third-order valence-electron chi connectivity index (χ3n) is 3.90. The highest BCUT2D eigenvalue weighted by molar-refractivity contribution is 9.10. The fourth-order valence-electron chi connectivity index (χ4n) is 2.46. The molecule has 5 heteroatoms. The van der Waals surface area contributed by atoms with E-state index in [-0.39, 0.29) is 0 Å². The third-order valence-corrected chi connectivity index (χ3v) is 4.69. The van der Waals surface area contributed by atoms with Crippen molar-refractivity contribution >= 4 is 21.7 Å². The van der Waals surface area contributed by atoms with E-state index < -0.39 is 5.60 Å². The Labute approximate surface area is 123 Å². The van der Waals surface area contributed by atoms with Crippen LogP contribution in [0.4, 0.5) is 5.82 Å². The standard InChI is InChI=1S/C14H22BrN3O/c1-14(2,19-4)13-17-11(9-7-5-6-8-9)10(15)12(16-3)18-13/h9H,5-8H2,1-4H3,(H,16,17,18). The molecule has 0 spiro atoms. The lowest BCUT2D eigenvalue weighted by atomic mass is 10.0. The van der Waals surface area contributed by atoms with Gasteiger partial charge in [-0.05, 0) is 42.6 Å². The second-order valence-electron chi connectivity index (χ2n) is 5.54. The summed E-state index contributed by atoms with van der Waals surface area (Å²) in [6.45, 7) is 3.99. The largest absolute Gasteiger partial charge is 0.372 e. The first-order chi connectivity index (χ1) is 8.99. The van der Waals surface area contributed by atoms with E-state index >= 15 is 0 Å². The Morgan fingerprint density at radius 2 is 1.89 bits per heavy atom. The summed E-state index contributed by atoms with van der Waals surface area (Å²) in [5, 5.41) is 3.14. The Balaban J connectivity index is 2.49. The molecule has 1 saturated carbocycles. The second-order valence-corrected chi connectivity index (χ2v) is 6.33. The van der Waals surface area contributed by atoms with Crippen LogP contribution in [0.15, 0.2) is 4.47 Å². The first-order valence-electron chi connectivity index (χ1n) is 6.80. The number of rotatable bonds is 4. The molecule has 1 aliphatic carbocycles. The molecule has 106 valence electrons. The average molecular weight is 328 g/mol. The lowest BCUT2D eigenvalue weighted by Crippen LogP contribution is -2.24. The SMILES string of the molecule is CNc1nc(C(C)(C)OC)nc(C2CCCC2)c1Br. The molecular formula is C14H22BrN3O. The topological polar surface area (TPSA) is 47.0 Å². The van der Waals surface area contributed by atoms with Gasteiger partial charge in [0.1, 0.15) is 11.4 Å². The van der Waals surface area contributed by atoms with E-state index in [0.29, 0.717) is 5.92 Å². The van der Waals surface area contributed by atoms with Crippen LogP contribution in [-0.2, 0) is 10.3 Å². The van der Waals surface area contributed by atoms with Crippen molar-refractivity contribution in [2.45, 2.75) is 51.0 Å². The van der Waals surface area contributed by atoms with Crippen LogP contribution in [0.2, 0.25) is 0 Å². The van der Waals surface area contributed by atoms with Crippen LogP contribution < -0.4 is 5.32 Å². The van der Waals surface area contributed by atoms with Gasteiger partial charge in [0.25, 0.3) is 0 Å². The fourth-order valence-corrected chi connectivity index (χ4v) is 3.16. The van der Waals surface area contributed by atoms with Crippen molar-refractivity contribution < 1.29 is 4.74 Å². The van der Waals surface area contributed by atoms with E-state index in [0.717, 1.165) is 21.8 Å². The van der Waals surface area contributed by atoms with E-state index in [9.17, 15) is 0 Å². The van der Waals surface area contributed by atoms with E-state index in [4.69, 9.17) is 9.72 Å². The highest BCUT2D eigenvalue weighted by atomic mass is 79.9. The Morgan fingerprint density at radius 1 is 1.26 bits per heavy atom. The Hall–Kier alpha value is -0.680. The summed E-state index contributed by atoms with van der Waals surface area (Å²) in [7, 11) is 3.58. The molecule has 19 heavy (non-hydrogen) atoms. The summed E-state index contributed by atoms with van der Waals surface area (Å²) in [6.07, 6.45) is 5.01. The minimum Gasteiger partial charge on any atom is -0.372 e. The zero-order valence-corrected chi connectivity index (χ0v) is 13.7. The van der Waals surface area contributed by atoms with Gasteiger partial charge in [-0.2, -0.15) is 0 Å². The zero-order valence-electron chi connectivity index (χ0n) is 12.1. The van der Waals surface area contributed by atoms with E-state index in [1.807, 2.05) is 20.9 Å². The van der Waals surface area contributed by atoms with Crippen molar-refractivity contribution in [1.29, 1.82) is 0 Å². The third kappa shape index (κ3) is 2.92. The van der Waals surface area contributed by atoms with Crippen molar-refractivity contribution in [2.24, 2.45) is 0 Å². The quantitative estimate of drug-likeness (QED) is 0.913. The highest BCUT2D eigenvalue weighted by Gasteiger charge is 2.29. The lowest BCUT2D eigenvalue weighted by Gasteiger charge is -2.24. The fraction of sp³-hybridized carbons (Fsp3) is 0.714. The number of nitrogens with zero attached hydrogens (tertiary/aromatic N) is 2. The van der Waals surface area contributed by atoms with Crippen molar-refractivity contribution in [2.75, 3.05) is 19.5 Å². The van der Waals surface area contributed by atoms with Crippen LogP contribution in [0.5, 0.6) is 0 Å². The Bertz CT molecular complexity index is 456. The van der Waals surface area contributed by atoms with Gasteiger partial charge in [0.15, 0.2) is 5.82 Å². The number of halogens is 1. The number of ether oxygens (including phenoxy) is 1. The molecule has 1 aromatic heterocycles. The Morgan fingerprint density at radius 3 is 2.42 bits per heavy atom. The number of methoxy groups -OCH3 is 1. The number of anilines is 1. The van der Waals surface area contributed by atoms with Gasteiger partial charge in [-0.3, -0.25) is 0 Å². The molecule has 1 fully saturated rings. The molecule has 4 nitrogen and oxygen atoms in total. The maximum absolute atomic E-state index is 5.51. The molecule has 0 saturated heterocycles. The van der Waals surface area contributed by atoms with Gasteiger partial charge in [-0.25, -0.2) is 9.97 Å². The van der Waals surface area contributed by atoms with E-state index in [1.54, 1.807) is 7.11 Å². The summed E-state index contributed by atoms with van der Waals surface area (Å²) in [4.78, 5) is 9.35. The van der Waals surface area contributed by atoms with Crippen molar-refractivity contribution in [3.05, 3.63) is 16.0 Å². The molecule has 1 aromatic rings. The van der Waals surface area contributed by atoms with Gasteiger partial charge in [0.2, 0.25) is 0 Å². The van der Waals surface area contributed by atoms with Crippen molar-refractivity contribution in [1.82, 2.24) is 9.97 Å². The number of hydrogen-bond acceptors (Lipinski definition) is 4. The van der Waals surface area contributed by atoms with Gasteiger partial charge in [0.05, 0.1) is 10.2 Å². The number of aromatic nitrogens is 2. The summed E-state index contributed by atoms with van der Waals surface area (Å²) in [6, 6.07) is 0. The predicted molar refractivity (Wildman–Crippen MR) is 80.5 cm³/mol. The molecule has 0 radical (unpaired) electrons. The number of hydrogen-bond donors (Lipinski definition) is 1.